The standard InChI is InChI=1S/C73H141NO10/c1-3-5-7-9-11-13-15-17-19-21-23-25-26-27-28-29-30-31-32-33-34-35-36-37-38-39-41-43-45-47-49-51-53-55-57-59-61-66(77)72(82)74-64(63-83-73-71(81)70(80)69(79)67(62-75)84-73)68(78)65(76)60-58-56-54-52-50-48-46-44-42-40-24-22-20-18-16-14-12-10-8-6-4-2/h28-29,31-32,64-71,73,75-81H,3-27,30,33-63H2,1-2H3,(H,74,82)/b29-28-,32-31-. The van der Waals surface area contributed by atoms with Crippen LogP contribution in [-0.2, 0) is 14.3 Å². The summed E-state index contributed by atoms with van der Waals surface area (Å²) < 4.78 is 11.2. The molecule has 8 N–H and O–H groups in total. The van der Waals surface area contributed by atoms with E-state index >= 15 is 0 Å². The third kappa shape index (κ3) is 48.5. The van der Waals surface area contributed by atoms with Crippen molar-refractivity contribution in [1.82, 2.24) is 5.32 Å². The molecule has 11 heteroatoms. The number of hydrogen-bond acceptors (Lipinski definition) is 10. The van der Waals surface area contributed by atoms with Gasteiger partial charge in [-0.3, -0.25) is 4.79 Å². The van der Waals surface area contributed by atoms with Gasteiger partial charge in [0, 0.05) is 0 Å². The molecule has 0 saturated carbocycles. The van der Waals surface area contributed by atoms with E-state index < -0.39 is 74.2 Å². The number of aliphatic hydroxyl groups excluding tert-OH is 7. The van der Waals surface area contributed by atoms with Gasteiger partial charge in [0.15, 0.2) is 6.29 Å². The van der Waals surface area contributed by atoms with Crippen molar-refractivity contribution in [3.05, 3.63) is 24.3 Å². The van der Waals surface area contributed by atoms with Crippen molar-refractivity contribution >= 4 is 5.91 Å². The van der Waals surface area contributed by atoms with Crippen molar-refractivity contribution in [2.24, 2.45) is 0 Å². The smallest absolute Gasteiger partial charge is 0.249 e. The molecule has 1 heterocycles. The fourth-order valence-corrected chi connectivity index (χ4v) is 12.1. The summed E-state index contributed by atoms with van der Waals surface area (Å²) in [5.74, 6) is -0.690. The second kappa shape index (κ2) is 61.8. The number of nitrogens with one attached hydrogen (secondary N) is 1. The highest BCUT2D eigenvalue weighted by atomic mass is 16.7. The molecule has 1 aliphatic heterocycles. The molecule has 11 nitrogen and oxygen atoms in total. The maximum atomic E-state index is 13.3. The molecule has 1 aliphatic rings. The molecule has 9 atom stereocenters. The molecular formula is C73H141NO10. The van der Waals surface area contributed by atoms with Gasteiger partial charge in [0.1, 0.15) is 36.6 Å². The SMILES string of the molecule is CCCCCCCCCCCCCCC/C=C\C/C=C\CCCCCCCCCCCCCCCCCCC(O)C(=O)NC(COC1OC(CO)C(O)C(O)C1O)C(O)C(O)CCCCCCCCCCCCCCCCCCCCCCC. The predicted octanol–water partition coefficient (Wildman–Crippen LogP) is 18.0. The third-order valence-corrected chi connectivity index (χ3v) is 18.0. The van der Waals surface area contributed by atoms with Crippen molar-refractivity contribution in [1.29, 1.82) is 0 Å². The summed E-state index contributed by atoms with van der Waals surface area (Å²) in [6.07, 6.45) is 67.0. The molecular weight excluding hydrogens is 1050 g/mol. The van der Waals surface area contributed by atoms with Gasteiger partial charge in [-0.05, 0) is 44.9 Å². The summed E-state index contributed by atoms with van der Waals surface area (Å²) in [4.78, 5) is 13.3. The number of ether oxygens (including phenoxy) is 2. The van der Waals surface area contributed by atoms with Crippen LogP contribution < -0.4 is 5.32 Å². The molecule has 0 aromatic heterocycles. The summed E-state index contributed by atoms with van der Waals surface area (Å²) in [5.41, 5.74) is 0. The van der Waals surface area contributed by atoms with Gasteiger partial charge in [0.2, 0.25) is 5.91 Å². The number of aliphatic hydroxyl groups is 7. The first-order valence-corrected chi connectivity index (χ1v) is 36.7. The Hall–Kier alpha value is -1.41. The van der Waals surface area contributed by atoms with E-state index in [0.717, 1.165) is 44.9 Å². The highest BCUT2D eigenvalue weighted by Gasteiger charge is 2.44. The van der Waals surface area contributed by atoms with Crippen LogP contribution in [0.4, 0.5) is 0 Å². The van der Waals surface area contributed by atoms with Crippen molar-refractivity contribution in [2.75, 3.05) is 13.2 Å². The van der Waals surface area contributed by atoms with Gasteiger partial charge in [-0.2, -0.15) is 0 Å². The van der Waals surface area contributed by atoms with Crippen LogP contribution in [0.15, 0.2) is 24.3 Å². The Bertz CT molecular complexity index is 1420. The largest absolute Gasteiger partial charge is 0.394 e. The van der Waals surface area contributed by atoms with Crippen LogP contribution in [0.1, 0.15) is 367 Å². The van der Waals surface area contributed by atoms with Crippen molar-refractivity contribution < 1.29 is 50.0 Å². The summed E-state index contributed by atoms with van der Waals surface area (Å²) in [6.45, 7) is 3.52. The Morgan fingerprint density at radius 3 is 1.06 bits per heavy atom. The highest BCUT2D eigenvalue weighted by Crippen LogP contribution is 2.24. The summed E-state index contributed by atoms with van der Waals surface area (Å²) >= 11 is 0. The molecule has 1 saturated heterocycles. The molecule has 0 radical (unpaired) electrons. The lowest BCUT2D eigenvalue weighted by Gasteiger charge is -2.40. The third-order valence-electron chi connectivity index (χ3n) is 18.0. The fraction of sp³-hybridized carbons (Fsp3) is 0.932. The molecule has 1 amide bonds. The molecule has 0 aromatic rings. The van der Waals surface area contributed by atoms with E-state index in [-0.39, 0.29) is 6.42 Å². The monoisotopic (exact) mass is 1190 g/mol. The second-order valence-corrected chi connectivity index (χ2v) is 26.0. The zero-order valence-electron chi connectivity index (χ0n) is 55.2. The van der Waals surface area contributed by atoms with Gasteiger partial charge in [0.05, 0.1) is 25.4 Å². The van der Waals surface area contributed by atoms with Crippen LogP contribution in [0, 0.1) is 0 Å². The second-order valence-electron chi connectivity index (χ2n) is 26.0. The lowest BCUT2D eigenvalue weighted by molar-refractivity contribution is -0.303. The molecule has 1 rings (SSSR count). The fourth-order valence-electron chi connectivity index (χ4n) is 12.1. The average molecular weight is 1190 g/mol. The molecule has 0 aromatic carbocycles. The quantitative estimate of drug-likeness (QED) is 0.0215. The van der Waals surface area contributed by atoms with Crippen molar-refractivity contribution in [2.45, 2.75) is 422 Å². The van der Waals surface area contributed by atoms with E-state index in [0.29, 0.717) is 19.3 Å². The lowest BCUT2D eigenvalue weighted by atomic mass is 9.98. The summed E-state index contributed by atoms with van der Waals surface area (Å²) in [6, 6.07) is -1.17. The molecule has 0 spiro atoms. The van der Waals surface area contributed by atoms with E-state index in [1.807, 2.05) is 0 Å². The number of unbranched alkanes of at least 4 members (excludes halogenated alkanes) is 49. The predicted molar refractivity (Wildman–Crippen MR) is 353 cm³/mol. The Balaban J connectivity index is 2.14. The molecule has 0 aliphatic carbocycles. The van der Waals surface area contributed by atoms with Crippen LogP contribution in [0.25, 0.3) is 0 Å². The number of carbonyl (C=O) groups is 1. The van der Waals surface area contributed by atoms with Gasteiger partial charge in [-0.1, -0.05) is 346 Å². The summed E-state index contributed by atoms with van der Waals surface area (Å²) in [7, 11) is 0. The number of hydrogen-bond donors (Lipinski definition) is 8. The Morgan fingerprint density at radius 1 is 0.417 bits per heavy atom. The summed E-state index contributed by atoms with van der Waals surface area (Å²) in [5, 5.41) is 76.6. The Labute approximate surface area is 518 Å². The number of carbonyl (C=O) groups excluding carboxylic acids is 1. The maximum Gasteiger partial charge on any atom is 0.249 e. The molecule has 498 valence electrons. The number of amides is 1. The molecule has 1 fully saturated rings. The zero-order chi connectivity index (χ0) is 61.0. The molecule has 0 bridgehead atoms. The van der Waals surface area contributed by atoms with E-state index in [2.05, 4.69) is 43.5 Å². The van der Waals surface area contributed by atoms with Gasteiger partial charge in [-0.15, -0.1) is 0 Å². The first-order valence-electron chi connectivity index (χ1n) is 36.7. The van der Waals surface area contributed by atoms with Crippen molar-refractivity contribution in [3.63, 3.8) is 0 Å². The van der Waals surface area contributed by atoms with Crippen LogP contribution in [0.3, 0.4) is 0 Å². The van der Waals surface area contributed by atoms with Crippen molar-refractivity contribution in [3.8, 4) is 0 Å². The maximum absolute atomic E-state index is 13.3. The topological polar surface area (TPSA) is 189 Å². The molecule has 84 heavy (non-hydrogen) atoms. The van der Waals surface area contributed by atoms with E-state index in [1.165, 1.54) is 283 Å². The van der Waals surface area contributed by atoms with Gasteiger partial charge >= 0.3 is 0 Å². The van der Waals surface area contributed by atoms with E-state index in [4.69, 9.17) is 9.47 Å². The van der Waals surface area contributed by atoms with Gasteiger partial charge in [-0.25, -0.2) is 0 Å². The van der Waals surface area contributed by atoms with Crippen LogP contribution in [0.5, 0.6) is 0 Å². The lowest BCUT2D eigenvalue weighted by Crippen LogP contribution is -2.60. The van der Waals surface area contributed by atoms with Gasteiger partial charge < -0.3 is 50.5 Å². The zero-order valence-corrected chi connectivity index (χ0v) is 55.2. The average Bonchev–Trinajstić information content (AvgIpc) is 3.67. The van der Waals surface area contributed by atoms with Crippen LogP contribution in [0.2, 0.25) is 0 Å². The van der Waals surface area contributed by atoms with E-state index in [1.54, 1.807) is 0 Å². The first kappa shape index (κ1) is 80.6. The minimum absolute atomic E-state index is 0.263. The minimum Gasteiger partial charge on any atom is -0.394 e. The highest BCUT2D eigenvalue weighted by molar-refractivity contribution is 5.80. The first-order chi connectivity index (χ1) is 41.2. The van der Waals surface area contributed by atoms with E-state index in [9.17, 15) is 40.5 Å². The molecule has 9 unspecified atom stereocenters. The minimum atomic E-state index is -1.66. The van der Waals surface area contributed by atoms with Gasteiger partial charge in [0.25, 0.3) is 0 Å². The Morgan fingerprint density at radius 2 is 0.726 bits per heavy atom. The number of allylic oxidation sites excluding steroid dienone is 4. The van der Waals surface area contributed by atoms with Crippen LogP contribution in [-0.4, -0.2) is 110 Å². The number of rotatable bonds is 65. The van der Waals surface area contributed by atoms with Crippen LogP contribution >= 0.6 is 0 Å². The normalized spacial score (nSPS) is 19.0. The Kier molecular flexibility index (Phi) is 59.3.